The number of halogens is 1. The highest BCUT2D eigenvalue weighted by atomic mass is 35.5. The molecule has 12 heavy (non-hydrogen) atoms. The fourth-order valence-corrected chi connectivity index (χ4v) is 1.13. The van der Waals surface area contributed by atoms with Gasteiger partial charge in [-0.1, -0.05) is 23.8 Å². The van der Waals surface area contributed by atoms with Crippen molar-refractivity contribution in [3.05, 3.63) is 35.0 Å². The Morgan fingerprint density at radius 3 is 3.17 bits per heavy atom. The summed E-state index contributed by atoms with van der Waals surface area (Å²) in [5.41, 5.74) is 6.37. The minimum atomic E-state index is 0.679. The molecular weight excluding hydrogens is 172 g/mol. The number of dihydropyridines is 1. The lowest BCUT2D eigenvalue weighted by atomic mass is 10.2. The summed E-state index contributed by atoms with van der Waals surface area (Å²) in [7, 11) is 0. The minimum absolute atomic E-state index is 0.679. The van der Waals surface area contributed by atoms with Gasteiger partial charge in [0.25, 0.3) is 0 Å². The van der Waals surface area contributed by atoms with Crippen LogP contribution in [0, 0.1) is 0 Å². The molecule has 2 nitrogen and oxygen atoms in total. The quantitative estimate of drug-likeness (QED) is 0.698. The van der Waals surface area contributed by atoms with Gasteiger partial charge in [0.2, 0.25) is 0 Å². The van der Waals surface area contributed by atoms with Gasteiger partial charge in [0.15, 0.2) is 0 Å². The van der Waals surface area contributed by atoms with Gasteiger partial charge in [0.1, 0.15) is 0 Å². The van der Waals surface area contributed by atoms with Crippen LogP contribution >= 0.6 is 11.6 Å². The molecule has 0 aromatic heterocycles. The molecule has 0 radical (unpaired) electrons. The van der Waals surface area contributed by atoms with E-state index in [2.05, 4.69) is 5.32 Å². The molecule has 0 saturated carbocycles. The van der Waals surface area contributed by atoms with Crippen molar-refractivity contribution in [2.45, 2.75) is 6.42 Å². The summed E-state index contributed by atoms with van der Waals surface area (Å²) >= 11 is 5.93. The van der Waals surface area contributed by atoms with Crippen molar-refractivity contribution in [3.8, 4) is 0 Å². The third-order valence-corrected chi connectivity index (χ3v) is 1.94. The second-order valence-corrected chi connectivity index (χ2v) is 2.95. The fourth-order valence-electron chi connectivity index (χ4n) is 0.938. The first-order chi connectivity index (χ1) is 5.84. The molecule has 3 N–H and O–H groups in total. The van der Waals surface area contributed by atoms with Crippen LogP contribution in [0.1, 0.15) is 6.42 Å². The van der Waals surface area contributed by atoms with Crippen LogP contribution < -0.4 is 11.1 Å². The van der Waals surface area contributed by atoms with E-state index < -0.39 is 0 Å². The maximum absolute atomic E-state index is 5.93. The van der Waals surface area contributed by atoms with Crippen molar-refractivity contribution >= 4 is 11.6 Å². The lowest BCUT2D eigenvalue weighted by molar-refractivity contribution is 0.955. The Balaban J connectivity index is 2.51. The SMILES string of the molecule is NCC/C=C/C1=CNCC=C1Cl. The molecule has 0 aliphatic carbocycles. The average Bonchev–Trinajstić information content (AvgIpc) is 2.09. The first-order valence-corrected chi connectivity index (χ1v) is 4.38. The molecule has 0 amide bonds. The molecule has 1 aliphatic rings. The Kier molecular flexibility index (Phi) is 3.91. The van der Waals surface area contributed by atoms with E-state index >= 15 is 0 Å². The van der Waals surface area contributed by atoms with E-state index in [4.69, 9.17) is 17.3 Å². The molecule has 0 aromatic carbocycles. The molecule has 0 spiro atoms. The van der Waals surface area contributed by atoms with Crippen molar-refractivity contribution in [2.75, 3.05) is 13.1 Å². The second kappa shape index (κ2) is 5.01. The number of allylic oxidation sites excluding steroid dienone is 3. The van der Waals surface area contributed by atoms with Crippen LogP contribution in [-0.4, -0.2) is 13.1 Å². The largest absolute Gasteiger partial charge is 0.387 e. The average molecular weight is 185 g/mol. The lowest BCUT2D eigenvalue weighted by Crippen LogP contribution is -2.10. The van der Waals surface area contributed by atoms with Crippen molar-refractivity contribution in [1.29, 1.82) is 0 Å². The molecule has 0 bridgehead atoms. The first kappa shape index (κ1) is 9.36. The number of hydrogen-bond donors (Lipinski definition) is 2. The summed E-state index contributed by atoms with van der Waals surface area (Å²) in [6.45, 7) is 1.49. The van der Waals surface area contributed by atoms with E-state index in [1.165, 1.54) is 0 Å². The van der Waals surface area contributed by atoms with E-state index in [-0.39, 0.29) is 0 Å². The van der Waals surface area contributed by atoms with Gasteiger partial charge in [-0.2, -0.15) is 0 Å². The highest BCUT2D eigenvalue weighted by molar-refractivity contribution is 6.32. The van der Waals surface area contributed by atoms with E-state index in [0.717, 1.165) is 23.6 Å². The smallest absolute Gasteiger partial charge is 0.0470 e. The minimum Gasteiger partial charge on any atom is -0.387 e. The van der Waals surface area contributed by atoms with Crippen LogP contribution in [0.2, 0.25) is 0 Å². The predicted molar refractivity (Wildman–Crippen MR) is 52.8 cm³/mol. The van der Waals surface area contributed by atoms with Crippen LogP contribution in [0.4, 0.5) is 0 Å². The van der Waals surface area contributed by atoms with Crippen molar-refractivity contribution in [3.63, 3.8) is 0 Å². The molecule has 1 heterocycles. The summed E-state index contributed by atoms with van der Waals surface area (Å²) in [5, 5.41) is 3.89. The summed E-state index contributed by atoms with van der Waals surface area (Å²) in [6, 6.07) is 0. The molecule has 0 fully saturated rings. The lowest BCUT2D eigenvalue weighted by Gasteiger charge is -2.07. The molecule has 0 saturated heterocycles. The zero-order valence-electron chi connectivity index (χ0n) is 6.89. The van der Waals surface area contributed by atoms with Crippen molar-refractivity contribution in [2.24, 2.45) is 5.73 Å². The summed E-state index contributed by atoms with van der Waals surface area (Å²) in [5.74, 6) is 0. The third kappa shape index (κ3) is 2.72. The van der Waals surface area contributed by atoms with Gasteiger partial charge in [-0.15, -0.1) is 0 Å². The second-order valence-electron chi connectivity index (χ2n) is 2.54. The van der Waals surface area contributed by atoms with Gasteiger partial charge in [-0.05, 0) is 19.0 Å². The molecule has 1 rings (SSSR count). The summed E-state index contributed by atoms with van der Waals surface area (Å²) in [4.78, 5) is 0. The summed E-state index contributed by atoms with van der Waals surface area (Å²) < 4.78 is 0. The van der Waals surface area contributed by atoms with Crippen molar-refractivity contribution in [1.82, 2.24) is 5.32 Å². The van der Waals surface area contributed by atoms with Gasteiger partial charge in [0.05, 0.1) is 0 Å². The number of nitrogens with two attached hydrogens (primary N) is 1. The molecule has 66 valence electrons. The van der Waals surface area contributed by atoms with Crippen LogP contribution in [0.25, 0.3) is 0 Å². The van der Waals surface area contributed by atoms with Gasteiger partial charge >= 0.3 is 0 Å². The molecular formula is C9H13ClN2. The molecule has 1 aliphatic heterocycles. The van der Waals surface area contributed by atoms with E-state index in [9.17, 15) is 0 Å². The maximum Gasteiger partial charge on any atom is 0.0470 e. The zero-order valence-corrected chi connectivity index (χ0v) is 7.64. The molecule has 0 unspecified atom stereocenters. The van der Waals surface area contributed by atoms with E-state index in [0.29, 0.717) is 6.54 Å². The topological polar surface area (TPSA) is 38.0 Å². The zero-order chi connectivity index (χ0) is 8.81. The van der Waals surface area contributed by atoms with Crippen molar-refractivity contribution < 1.29 is 0 Å². The van der Waals surface area contributed by atoms with Gasteiger partial charge in [-0.3, -0.25) is 0 Å². The fraction of sp³-hybridized carbons (Fsp3) is 0.333. The monoisotopic (exact) mass is 184 g/mol. The van der Waals surface area contributed by atoms with Gasteiger partial charge < -0.3 is 11.1 Å². The molecule has 3 heteroatoms. The van der Waals surface area contributed by atoms with Crippen LogP contribution in [0.5, 0.6) is 0 Å². The standard InChI is InChI=1S/C9H13ClN2/c10-9-4-6-12-7-8(9)3-1-2-5-11/h1,3-4,7,12H,2,5-6,11H2/b3-1+. The Hall–Kier alpha value is -0.730. The highest BCUT2D eigenvalue weighted by Gasteiger charge is 2.00. The normalized spacial score (nSPS) is 17.2. The Morgan fingerprint density at radius 1 is 1.67 bits per heavy atom. The van der Waals surface area contributed by atoms with Crippen LogP contribution in [0.15, 0.2) is 35.0 Å². The van der Waals surface area contributed by atoms with E-state index in [1.54, 1.807) is 0 Å². The summed E-state index contributed by atoms with van der Waals surface area (Å²) in [6.07, 6.45) is 8.76. The predicted octanol–water partition coefficient (Wildman–Crippen LogP) is 1.50. The number of rotatable bonds is 3. The van der Waals surface area contributed by atoms with Gasteiger partial charge in [0, 0.05) is 23.4 Å². The van der Waals surface area contributed by atoms with Crippen LogP contribution in [0.3, 0.4) is 0 Å². The number of nitrogens with one attached hydrogen (secondary N) is 1. The maximum atomic E-state index is 5.93. The first-order valence-electron chi connectivity index (χ1n) is 4.01. The molecule has 0 atom stereocenters. The van der Waals surface area contributed by atoms with Crippen LogP contribution in [-0.2, 0) is 0 Å². The third-order valence-electron chi connectivity index (χ3n) is 1.56. The Labute approximate surface area is 77.8 Å². The number of hydrogen-bond acceptors (Lipinski definition) is 2. The molecule has 0 aromatic rings. The Bertz CT molecular complexity index is 229. The van der Waals surface area contributed by atoms with Gasteiger partial charge in [-0.25, -0.2) is 0 Å². The van der Waals surface area contributed by atoms with E-state index in [1.807, 2.05) is 24.4 Å². The Morgan fingerprint density at radius 2 is 2.50 bits per heavy atom. The highest BCUT2D eigenvalue weighted by Crippen LogP contribution is 2.17.